The van der Waals surface area contributed by atoms with Crippen LogP contribution in [0, 0.1) is 46.8 Å². The van der Waals surface area contributed by atoms with Crippen LogP contribution in [0.2, 0.25) is 0 Å². The van der Waals surface area contributed by atoms with Gasteiger partial charge >= 0.3 is 0 Å². The molecule has 0 N–H and O–H groups in total. The minimum atomic E-state index is 0.533. The molecular weight excluding hydrogens is 336 g/mol. The van der Waals surface area contributed by atoms with Crippen molar-refractivity contribution in [1.82, 2.24) is 0 Å². The maximum absolute atomic E-state index is 2.61. The van der Waals surface area contributed by atoms with Gasteiger partial charge in [0.2, 0.25) is 0 Å². The van der Waals surface area contributed by atoms with E-state index in [4.69, 9.17) is 0 Å². The standard InChI is InChI=1S/C28H58/c1-12-16-26(11)28(19-23(8)13-2,20-25(10)22(6)7)27(14-3)18-15-17-24(9)21(4)5/h21-27H,12-20H2,1-11H3. The average Bonchev–Trinajstić information content (AvgIpc) is 2.64. The van der Waals surface area contributed by atoms with E-state index in [9.17, 15) is 0 Å². The summed E-state index contributed by atoms with van der Waals surface area (Å²) in [4.78, 5) is 0. The fourth-order valence-corrected chi connectivity index (χ4v) is 5.49. The Hall–Kier alpha value is 0. The highest BCUT2D eigenvalue weighted by Gasteiger charge is 2.43. The van der Waals surface area contributed by atoms with Crippen LogP contribution in [0.4, 0.5) is 0 Å². The molecule has 0 aliphatic rings. The third-order valence-corrected chi connectivity index (χ3v) is 8.62. The van der Waals surface area contributed by atoms with Crippen LogP contribution in [0.25, 0.3) is 0 Å². The Balaban J connectivity index is 5.72. The molecule has 0 saturated heterocycles. The molecule has 0 aliphatic heterocycles. The van der Waals surface area contributed by atoms with Gasteiger partial charge in [-0.25, -0.2) is 0 Å². The van der Waals surface area contributed by atoms with Crippen LogP contribution in [0.5, 0.6) is 0 Å². The maximum Gasteiger partial charge on any atom is -0.0238 e. The molecule has 0 rings (SSSR count). The van der Waals surface area contributed by atoms with E-state index in [0.29, 0.717) is 5.41 Å². The van der Waals surface area contributed by atoms with E-state index in [1.807, 2.05) is 0 Å². The van der Waals surface area contributed by atoms with E-state index in [-0.39, 0.29) is 0 Å². The van der Waals surface area contributed by atoms with Crippen LogP contribution in [0.15, 0.2) is 0 Å². The summed E-state index contributed by atoms with van der Waals surface area (Å²) in [6, 6.07) is 0. The number of hydrogen-bond donors (Lipinski definition) is 0. The second-order valence-corrected chi connectivity index (χ2v) is 11.3. The molecule has 170 valence electrons. The number of rotatable bonds is 16. The molecule has 0 saturated carbocycles. The van der Waals surface area contributed by atoms with Gasteiger partial charge in [-0.05, 0) is 66.1 Å². The summed E-state index contributed by atoms with van der Waals surface area (Å²) in [5.74, 6) is 5.90. The molecule has 0 spiro atoms. The topological polar surface area (TPSA) is 0 Å². The van der Waals surface area contributed by atoms with Gasteiger partial charge in [-0.15, -0.1) is 0 Å². The molecular formula is C28H58. The quantitative estimate of drug-likeness (QED) is 0.244. The minimum absolute atomic E-state index is 0.533. The zero-order valence-electron chi connectivity index (χ0n) is 21.9. The molecule has 6 atom stereocenters. The van der Waals surface area contributed by atoms with E-state index in [2.05, 4.69) is 76.2 Å². The van der Waals surface area contributed by atoms with Crippen LogP contribution in [-0.4, -0.2) is 0 Å². The zero-order chi connectivity index (χ0) is 21.9. The predicted octanol–water partition coefficient (Wildman–Crippen LogP) is 10.0. The van der Waals surface area contributed by atoms with Crippen molar-refractivity contribution < 1.29 is 0 Å². The third kappa shape index (κ3) is 8.79. The van der Waals surface area contributed by atoms with Gasteiger partial charge in [0.15, 0.2) is 0 Å². The largest absolute Gasteiger partial charge is 0.0654 e. The van der Waals surface area contributed by atoms with E-state index in [0.717, 1.165) is 41.4 Å². The third-order valence-electron chi connectivity index (χ3n) is 8.62. The maximum atomic E-state index is 2.61. The van der Waals surface area contributed by atoms with Crippen molar-refractivity contribution in [3.05, 3.63) is 0 Å². The van der Waals surface area contributed by atoms with Gasteiger partial charge in [-0.2, -0.15) is 0 Å². The van der Waals surface area contributed by atoms with Crippen LogP contribution < -0.4 is 0 Å². The van der Waals surface area contributed by atoms with Crippen LogP contribution >= 0.6 is 0 Å². The molecule has 0 aromatic heterocycles. The summed E-state index contributed by atoms with van der Waals surface area (Å²) in [6.45, 7) is 27.0. The van der Waals surface area contributed by atoms with Crippen molar-refractivity contribution in [2.75, 3.05) is 0 Å². The van der Waals surface area contributed by atoms with Gasteiger partial charge in [0.1, 0.15) is 0 Å². The lowest BCUT2D eigenvalue weighted by atomic mass is 9.56. The number of hydrogen-bond acceptors (Lipinski definition) is 0. The second-order valence-electron chi connectivity index (χ2n) is 11.3. The lowest BCUT2D eigenvalue weighted by Crippen LogP contribution is -2.41. The molecule has 0 aliphatic carbocycles. The Morgan fingerprint density at radius 1 is 0.607 bits per heavy atom. The van der Waals surface area contributed by atoms with Crippen molar-refractivity contribution in [3.8, 4) is 0 Å². The van der Waals surface area contributed by atoms with Gasteiger partial charge in [0.05, 0.1) is 0 Å². The molecule has 0 heteroatoms. The lowest BCUT2D eigenvalue weighted by Gasteiger charge is -2.49. The summed E-state index contributed by atoms with van der Waals surface area (Å²) >= 11 is 0. The van der Waals surface area contributed by atoms with Crippen LogP contribution in [0.3, 0.4) is 0 Å². The first-order valence-electron chi connectivity index (χ1n) is 13.0. The minimum Gasteiger partial charge on any atom is -0.0654 e. The van der Waals surface area contributed by atoms with Crippen LogP contribution in [-0.2, 0) is 0 Å². The lowest BCUT2D eigenvalue weighted by molar-refractivity contribution is 0.00249. The Morgan fingerprint density at radius 2 is 1.18 bits per heavy atom. The van der Waals surface area contributed by atoms with Crippen molar-refractivity contribution in [1.29, 1.82) is 0 Å². The molecule has 0 heterocycles. The molecule has 0 fully saturated rings. The first kappa shape index (κ1) is 28.0. The highest BCUT2D eigenvalue weighted by atomic mass is 14.5. The monoisotopic (exact) mass is 394 g/mol. The summed E-state index contributed by atoms with van der Waals surface area (Å²) in [5.41, 5.74) is 0.533. The summed E-state index contributed by atoms with van der Waals surface area (Å²) in [7, 11) is 0. The molecule has 0 nitrogen and oxygen atoms in total. The van der Waals surface area contributed by atoms with Crippen LogP contribution in [0.1, 0.15) is 134 Å². The Kier molecular flexibility index (Phi) is 14.1. The molecule has 0 aromatic rings. The first-order chi connectivity index (χ1) is 13.0. The second kappa shape index (κ2) is 14.1. The van der Waals surface area contributed by atoms with Gasteiger partial charge < -0.3 is 0 Å². The average molecular weight is 395 g/mol. The van der Waals surface area contributed by atoms with E-state index in [1.165, 1.54) is 57.8 Å². The van der Waals surface area contributed by atoms with Gasteiger partial charge in [0.25, 0.3) is 0 Å². The summed E-state index contributed by atoms with van der Waals surface area (Å²) in [6.07, 6.45) is 12.6. The SMILES string of the molecule is CCCC(C)C(CC(C)CC)(CC(C)C(C)C)C(CC)CCCC(C)C(C)C. The van der Waals surface area contributed by atoms with E-state index >= 15 is 0 Å². The molecule has 0 radical (unpaired) electrons. The zero-order valence-corrected chi connectivity index (χ0v) is 21.9. The van der Waals surface area contributed by atoms with E-state index in [1.54, 1.807) is 0 Å². The molecule has 0 bridgehead atoms. The Bertz CT molecular complexity index is 368. The van der Waals surface area contributed by atoms with Crippen molar-refractivity contribution in [2.45, 2.75) is 134 Å². The highest BCUT2D eigenvalue weighted by Crippen LogP contribution is 2.52. The van der Waals surface area contributed by atoms with Gasteiger partial charge in [0, 0.05) is 0 Å². The molecule has 0 amide bonds. The predicted molar refractivity (Wildman–Crippen MR) is 131 cm³/mol. The summed E-state index contributed by atoms with van der Waals surface area (Å²) in [5, 5.41) is 0. The Morgan fingerprint density at radius 3 is 1.61 bits per heavy atom. The fraction of sp³-hybridized carbons (Fsp3) is 1.00. The molecule has 28 heavy (non-hydrogen) atoms. The van der Waals surface area contributed by atoms with Gasteiger partial charge in [-0.1, -0.05) is 115 Å². The van der Waals surface area contributed by atoms with Crippen molar-refractivity contribution in [2.24, 2.45) is 46.8 Å². The molecule has 6 unspecified atom stereocenters. The summed E-state index contributed by atoms with van der Waals surface area (Å²) < 4.78 is 0. The Labute approximate surface area is 181 Å². The first-order valence-corrected chi connectivity index (χ1v) is 13.0. The van der Waals surface area contributed by atoms with Gasteiger partial charge in [-0.3, -0.25) is 0 Å². The highest BCUT2D eigenvalue weighted by molar-refractivity contribution is 4.93. The van der Waals surface area contributed by atoms with Crippen molar-refractivity contribution >= 4 is 0 Å². The smallest absolute Gasteiger partial charge is 0.0238 e. The fourth-order valence-electron chi connectivity index (χ4n) is 5.49. The molecule has 0 aromatic carbocycles. The van der Waals surface area contributed by atoms with E-state index < -0.39 is 0 Å². The normalized spacial score (nSPS) is 20.0. The van der Waals surface area contributed by atoms with Crippen molar-refractivity contribution in [3.63, 3.8) is 0 Å².